The molecule has 6 heteroatoms. The van der Waals surface area contributed by atoms with Crippen LogP contribution in [-0.2, 0) is 6.54 Å². The number of nitrogens with one attached hydrogen (secondary N) is 1. The van der Waals surface area contributed by atoms with Gasteiger partial charge in [-0.2, -0.15) is 5.10 Å². The normalized spacial score (nSPS) is 14.2. The van der Waals surface area contributed by atoms with Crippen LogP contribution >= 0.6 is 0 Å². The summed E-state index contributed by atoms with van der Waals surface area (Å²) in [6, 6.07) is 13.0. The van der Waals surface area contributed by atoms with Crippen LogP contribution in [-0.4, -0.2) is 26.8 Å². The Kier molecular flexibility index (Phi) is 5.14. The standard InChI is InChI=1S/C21H22N4O2/c26-20(16-8-10-18(11-9-16)25-14-4-13-24-25)23-15-17-5-3-12-22-21(17)27-19-6-1-2-7-19/h3-5,8-14,19H,1-2,6-7,15H2,(H,23,26). The monoisotopic (exact) mass is 362 g/mol. The second-order valence-electron chi connectivity index (χ2n) is 6.67. The molecule has 6 nitrogen and oxygen atoms in total. The van der Waals surface area contributed by atoms with Crippen molar-refractivity contribution in [3.63, 3.8) is 0 Å². The first-order valence-electron chi connectivity index (χ1n) is 9.28. The fourth-order valence-electron chi connectivity index (χ4n) is 3.29. The topological polar surface area (TPSA) is 69.0 Å². The third-order valence-electron chi connectivity index (χ3n) is 4.77. The summed E-state index contributed by atoms with van der Waals surface area (Å²) in [5, 5.41) is 7.14. The van der Waals surface area contributed by atoms with Crippen molar-refractivity contribution in [1.82, 2.24) is 20.1 Å². The molecule has 0 radical (unpaired) electrons. The average Bonchev–Trinajstić information content (AvgIpc) is 3.41. The van der Waals surface area contributed by atoms with E-state index < -0.39 is 0 Å². The lowest BCUT2D eigenvalue weighted by Gasteiger charge is -2.15. The molecule has 138 valence electrons. The number of hydrogen-bond acceptors (Lipinski definition) is 4. The molecule has 2 heterocycles. The van der Waals surface area contributed by atoms with Crippen molar-refractivity contribution in [2.24, 2.45) is 0 Å². The summed E-state index contributed by atoms with van der Waals surface area (Å²) in [5.74, 6) is 0.497. The highest BCUT2D eigenvalue weighted by Gasteiger charge is 2.18. The summed E-state index contributed by atoms with van der Waals surface area (Å²) in [7, 11) is 0. The molecule has 1 fully saturated rings. The van der Waals surface area contributed by atoms with Gasteiger partial charge in [-0.25, -0.2) is 9.67 Å². The summed E-state index contributed by atoms with van der Waals surface area (Å²) >= 11 is 0. The zero-order valence-electron chi connectivity index (χ0n) is 15.0. The van der Waals surface area contributed by atoms with Crippen LogP contribution in [0.25, 0.3) is 5.69 Å². The van der Waals surface area contributed by atoms with E-state index in [0.29, 0.717) is 18.0 Å². The van der Waals surface area contributed by atoms with E-state index in [1.807, 2.05) is 36.5 Å². The van der Waals surface area contributed by atoms with Crippen molar-refractivity contribution in [2.75, 3.05) is 0 Å². The van der Waals surface area contributed by atoms with E-state index in [4.69, 9.17) is 4.74 Å². The summed E-state index contributed by atoms with van der Waals surface area (Å²) in [5.41, 5.74) is 2.41. The maximum Gasteiger partial charge on any atom is 0.251 e. The van der Waals surface area contributed by atoms with Crippen molar-refractivity contribution in [2.45, 2.75) is 38.3 Å². The predicted molar refractivity (Wildman–Crippen MR) is 102 cm³/mol. The summed E-state index contributed by atoms with van der Waals surface area (Å²) in [6.45, 7) is 0.385. The lowest BCUT2D eigenvalue weighted by Crippen LogP contribution is -2.24. The first kappa shape index (κ1) is 17.3. The number of amides is 1. The third-order valence-corrected chi connectivity index (χ3v) is 4.77. The molecular weight excluding hydrogens is 340 g/mol. The summed E-state index contributed by atoms with van der Waals surface area (Å²) < 4.78 is 7.78. The second-order valence-corrected chi connectivity index (χ2v) is 6.67. The van der Waals surface area contributed by atoms with Gasteiger partial charge in [0.2, 0.25) is 5.88 Å². The van der Waals surface area contributed by atoms with Crippen molar-refractivity contribution >= 4 is 5.91 Å². The van der Waals surface area contributed by atoms with E-state index in [-0.39, 0.29) is 12.0 Å². The van der Waals surface area contributed by atoms with Gasteiger partial charge in [-0.05, 0) is 62.1 Å². The highest BCUT2D eigenvalue weighted by molar-refractivity contribution is 5.94. The minimum Gasteiger partial charge on any atom is -0.474 e. The molecule has 1 saturated carbocycles. The molecule has 1 aromatic carbocycles. The maximum absolute atomic E-state index is 12.5. The first-order valence-corrected chi connectivity index (χ1v) is 9.28. The highest BCUT2D eigenvalue weighted by Crippen LogP contribution is 2.25. The van der Waals surface area contributed by atoms with E-state index in [1.165, 1.54) is 12.8 Å². The number of rotatable bonds is 6. The Balaban J connectivity index is 1.39. The van der Waals surface area contributed by atoms with E-state index in [9.17, 15) is 4.79 Å². The molecule has 0 unspecified atom stereocenters. The van der Waals surface area contributed by atoms with Crippen molar-refractivity contribution in [1.29, 1.82) is 0 Å². The minimum absolute atomic E-state index is 0.127. The lowest BCUT2D eigenvalue weighted by atomic mass is 10.2. The molecule has 1 N–H and O–H groups in total. The van der Waals surface area contributed by atoms with E-state index in [0.717, 1.165) is 24.1 Å². The molecule has 1 amide bonds. The number of benzene rings is 1. The number of carbonyl (C=O) groups is 1. The number of nitrogens with zero attached hydrogens (tertiary/aromatic N) is 3. The van der Waals surface area contributed by atoms with Crippen LogP contribution in [0, 0.1) is 0 Å². The zero-order valence-corrected chi connectivity index (χ0v) is 15.0. The smallest absolute Gasteiger partial charge is 0.251 e. The average molecular weight is 362 g/mol. The van der Waals surface area contributed by atoms with Gasteiger partial charge in [0, 0.05) is 36.3 Å². The first-order chi connectivity index (χ1) is 13.3. The Morgan fingerprint density at radius 2 is 1.93 bits per heavy atom. The van der Waals surface area contributed by atoms with Gasteiger partial charge < -0.3 is 10.1 Å². The molecule has 27 heavy (non-hydrogen) atoms. The number of aromatic nitrogens is 3. The zero-order chi connectivity index (χ0) is 18.5. The molecule has 0 saturated heterocycles. The van der Waals surface area contributed by atoms with E-state index in [2.05, 4.69) is 15.4 Å². The number of pyridine rings is 1. The Morgan fingerprint density at radius 3 is 2.67 bits per heavy atom. The Labute approximate surface area is 158 Å². The molecule has 0 bridgehead atoms. The fourth-order valence-corrected chi connectivity index (χ4v) is 3.29. The van der Waals surface area contributed by atoms with E-state index in [1.54, 1.807) is 29.2 Å². The quantitative estimate of drug-likeness (QED) is 0.728. The van der Waals surface area contributed by atoms with Gasteiger partial charge in [0.05, 0.1) is 5.69 Å². The maximum atomic E-state index is 12.5. The van der Waals surface area contributed by atoms with Crippen LogP contribution in [0.1, 0.15) is 41.6 Å². The van der Waals surface area contributed by atoms with Gasteiger partial charge in [-0.15, -0.1) is 0 Å². The minimum atomic E-state index is -0.127. The van der Waals surface area contributed by atoms with Gasteiger partial charge in [0.1, 0.15) is 6.10 Å². The molecule has 0 aliphatic heterocycles. The molecule has 3 aromatic rings. The van der Waals surface area contributed by atoms with Gasteiger partial charge in [0.15, 0.2) is 0 Å². The molecule has 1 aliphatic rings. The van der Waals surface area contributed by atoms with Crippen LogP contribution in [0.4, 0.5) is 0 Å². The number of hydrogen-bond donors (Lipinski definition) is 1. The predicted octanol–water partition coefficient (Wildman–Crippen LogP) is 3.52. The van der Waals surface area contributed by atoms with Crippen LogP contribution in [0.5, 0.6) is 5.88 Å². The lowest BCUT2D eigenvalue weighted by molar-refractivity contribution is 0.0950. The number of carbonyl (C=O) groups excluding carboxylic acids is 1. The van der Waals surface area contributed by atoms with Crippen molar-refractivity contribution in [3.05, 3.63) is 72.2 Å². The Morgan fingerprint density at radius 1 is 1.11 bits per heavy atom. The van der Waals surface area contributed by atoms with Crippen LogP contribution < -0.4 is 10.1 Å². The Bertz CT molecular complexity index is 885. The SMILES string of the molecule is O=C(NCc1cccnc1OC1CCCC1)c1ccc(-n2cccn2)cc1. The van der Waals surface area contributed by atoms with Gasteiger partial charge in [-0.3, -0.25) is 4.79 Å². The van der Waals surface area contributed by atoms with Crippen molar-refractivity contribution in [3.8, 4) is 11.6 Å². The molecule has 1 aliphatic carbocycles. The largest absolute Gasteiger partial charge is 0.474 e. The van der Waals surface area contributed by atoms with Crippen LogP contribution in [0.2, 0.25) is 0 Å². The summed E-state index contributed by atoms with van der Waals surface area (Å²) in [6.07, 6.45) is 10.1. The third kappa shape index (κ3) is 4.16. The van der Waals surface area contributed by atoms with Gasteiger partial charge in [0.25, 0.3) is 5.91 Å². The molecule has 4 rings (SSSR count). The van der Waals surface area contributed by atoms with Crippen molar-refractivity contribution < 1.29 is 9.53 Å². The van der Waals surface area contributed by atoms with Crippen LogP contribution in [0.15, 0.2) is 61.1 Å². The van der Waals surface area contributed by atoms with Crippen LogP contribution in [0.3, 0.4) is 0 Å². The van der Waals surface area contributed by atoms with E-state index >= 15 is 0 Å². The molecule has 0 atom stereocenters. The molecule has 2 aromatic heterocycles. The second kappa shape index (κ2) is 8.03. The van der Waals surface area contributed by atoms with Gasteiger partial charge >= 0.3 is 0 Å². The summed E-state index contributed by atoms with van der Waals surface area (Å²) in [4.78, 5) is 16.8. The fraction of sp³-hybridized carbons (Fsp3) is 0.286. The molecule has 0 spiro atoms. The van der Waals surface area contributed by atoms with Gasteiger partial charge in [-0.1, -0.05) is 6.07 Å². The number of ether oxygens (including phenoxy) is 1. The highest BCUT2D eigenvalue weighted by atomic mass is 16.5. The molecular formula is C21H22N4O2. The Hall–Kier alpha value is -3.15.